The third-order valence-corrected chi connectivity index (χ3v) is 4.32. The maximum atomic E-state index is 13.9. The molecule has 3 rings (SSSR count). The molecule has 1 aliphatic rings. The standard InChI is InChI=1S/C19H19FN2O5/c1-25-17-13(6-5-9-21-17)18(23)22-11-12(10-15(22)19(24)26-2)27-16-8-4-3-7-14(16)20/h3-9,12,15H,10-11H2,1-2H3/t12-,15-/m1/s1. The zero-order valence-electron chi connectivity index (χ0n) is 14.9. The number of benzene rings is 1. The van der Waals surface area contributed by atoms with Crippen LogP contribution in [0.2, 0.25) is 0 Å². The summed E-state index contributed by atoms with van der Waals surface area (Å²) in [6.07, 6.45) is 1.13. The van der Waals surface area contributed by atoms with Gasteiger partial charge >= 0.3 is 5.97 Å². The number of aromatic nitrogens is 1. The lowest BCUT2D eigenvalue weighted by Gasteiger charge is -2.22. The Hall–Kier alpha value is -3.16. The van der Waals surface area contributed by atoms with Gasteiger partial charge in [-0.25, -0.2) is 14.2 Å². The van der Waals surface area contributed by atoms with Gasteiger partial charge in [0.2, 0.25) is 5.88 Å². The van der Waals surface area contributed by atoms with E-state index in [4.69, 9.17) is 14.2 Å². The highest BCUT2D eigenvalue weighted by Crippen LogP contribution is 2.28. The molecule has 2 aromatic rings. The highest BCUT2D eigenvalue weighted by molar-refractivity contribution is 5.99. The summed E-state index contributed by atoms with van der Waals surface area (Å²) in [4.78, 5) is 30.5. The van der Waals surface area contributed by atoms with Crippen molar-refractivity contribution in [2.75, 3.05) is 20.8 Å². The molecule has 1 saturated heterocycles. The number of carbonyl (C=O) groups excluding carboxylic acids is 2. The number of hydrogen-bond donors (Lipinski definition) is 0. The van der Waals surface area contributed by atoms with Gasteiger partial charge in [-0.05, 0) is 24.3 Å². The summed E-state index contributed by atoms with van der Waals surface area (Å²) in [6, 6.07) is 8.31. The second kappa shape index (κ2) is 8.03. The number of methoxy groups -OCH3 is 2. The zero-order valence-corrected chi connectivity index (χ0v) is 14.9. The van der Waals surface area contributed by atoms with Crippen LogP contribution in [0, 0.1) is 5.82 Å². The van der Waals surface area contributed by atoms with E-state index in [0.717, 1.165) is 0 Å². The maximum Gasteiger partial charge on any atom is 0.328 e. The molecule has 0 unspecified atom stereocenters. The summed E-state index contributed by atoms with van der Waals surface area (Å²) in [6.45, 7) is 0.102. The van der Waals surface area contributed by atoms with Gasteiger partial charge in [0.25, 0.3) is 5.91 Å². The predicted molar refractivity (Wildman–Crippen MR) is 93.1 cm³/mol. The summed E-state index contributed by atoms with van der Waals surface area (Å²) in [5, 5.41) is 0. The van der Waals surface area contributed by atoms with Crippen LogP contribution in [-0.4, -0.2) is 54.7 Å². The lowest BCUT2D eigenvalue weighted by molar-refractivity contribution is -0.145. The van der Waals surface area contributed by atoms with Gasteiger partial charge in [0.15, 0.2) is 11.6 Å². The van der Waals surface area contributed by atoms with Crippen molar-refractivity contribution in [3.63, 3.8) is 0 Å². The number of para-hydroxylation sites is 1. The normalized spacial score (nSPS) is 18.9. The Morgan fingerprint density at radius 2 is 1.96 bits per heavy atom. The fourth-order valence-corrected chi connectivity index (χ4v) is 3.06. The van der Waals surface area contributed by atoms with Crippen LogP contribution in [0.3, 0.4) is 0 Å². The molecule has 1 fully saturated rings. The fourth-order valence-electron chi connectivity index (χ4n) is 3.06. The van der Waals surface area contributed by atoms with E-state index >= 15 is 0 Å². The van der Waals surface area contributed by atoms with Crippen LogP contribution in [0.4, 0.5) is 4.39 Å². The predicted octanol–water partition coefficient (Wildman–Crippen LogP) is 2.06. The Morgan fingerprint density at radius 1 is 1.19 bits per heavy atom. The van der Waals surface area contributed by atoms with Crippen molar-refractivity contribution < 1.29 is 28.2 Å². The maximum absolute atomic E-state index is 13.9. The van der Waals surface area contributed by atoms with Crippen LogP contribution >= 0.6 is 0 Å². The third-order valence-electron chi connectivity index (χ3n) is 4.32. The average molecular weight is 374 g/mol. The first-order chi connectivity index (χ1) is 13.0. The van der Waals surface area contributed by atoms with Gasteiger partial charge in [-0.2, -0.15) is 0 Å². The van der Waals surface area contributed by atoms with Gasteiger partial charge in [0, 0.05) is 12.6 Å². The summed E-state index contributed by atoms with van der Waals surface area (Å²) < 4.78 is 29.5. The van der Waals surface area contributed by atoms with Gasteiger partial charge in [-0.3, -0.25) is 4.79 Å². The summed E-state index contributed by atoms with van der Waals surface area (Å²) in [5.74, 6) is -1.28. The molecule has 0 bridgehead atoms. The van der Waals surface area contributed by atoms with Crippen LogP contribution in [0.25, 0.3) is 0 Å². The lowest BCUT2D eigenvalue weighted by Crippen LogP contribution is -2.41. The van der Waals surface area contributed by atoms with Crippen LogP contribution < -0.4 is 9.47 Å². The van der Waals surface area contributed by atoms with Gasteiger partial charge in [-0.15, -0.1) is 0 Å². The number of halogens is 1. The molecule has 0 aliphatic carbocycles. The number of rotatable bonds is 5. The minimum atomic E-state index is -0.843. The second-order valence-corrected chi connectivity index (χ2v) is 5.96. The van der Waals surface area contributed by atoms with Crippen LogP contribution in [0.1, 0.15) is 16.8 Å². The molecule has 7 nitrogen and oxygen atoms in total. The molecule has 1 aliphatic heterocycles. The van der Waals surface area contributed by atoms with Crippen molar-refractivity contribution in [3.8, 4) is 11.6 Å². The van der Waals surface area contributed by atoms with E-state index in [0.29, 0.717) is 0 Å². The molecule has 0 spiro atoms. The molecular weight excluding hydrogens is 355 g/mol. The first-order valence-corrected chi connectivity index (χ1v) is 8.34. The van der Waals surface area contributed by atoms with Crippen molar-refractivity contribution in [2.24, 2.45) is 0 Å². The summed E-state index contributed by atoms with van der Waals surface area (Å²) in [7, 11) is 2.66. The van der Waals surface area contributed by atoms with E-state index in [1.807, 2.05) is 0 Å². The second-order valence-electron chi connectivity index (χ2n) is 5.96. The quantitative estimate of drug-likeness (QED) is 0.746. The first kappa shape index (κ1) is 18.6. The van der Waals surface area contributed by atoms with E-state index < -0.39 is 29.8 Å². The van der Waals surface area contributed by atoms with Crippen molar-refractivity contribution >= 4 is 11.9 Å². The molecule has 1 aromatic carbocycles. The zero-order chi connectivity index (χ0) is 19.4. The number of nitrogens with zero attached hydrogens (tertiary/aromatic N) is 2. The van der Waals surface area contributed by atoms with Crippen LogP contribution in [-0.2, 0) is 9.53 Å². The van der Waals surface area contributed by atoms with E-state index in [-0.39, 0.29) is 30.2 Å². The Balaban J connectivity index is 1.85. The highest BCUT2D eigenvalue weighted by Gasteiger charge is 2.42. The number of ether oxygens (including phenoxy) is 3. The van der Waals surface area contributed by atoms with E-state index in [2.05, 4.69) is 4.98 Å². The largest absolute Gasteiger partial charge is 0.485 e. The monoisotopic (exact) mass is 374 g/mol. The number of hydrogen-bond acceptors (Lipinski definition) is 6. The van der Waals surface area contributed by atoms with Gasteiger partial charge in [0.1, 0.15) is 17.7 Å². The summed E-state index contributed by atoms with van der Waals surface area (Å²) in [5.41, 5.74) is 0.223. The summed E-state index contributed by atoms with van der Waals surface area (Å²) >= 11 is 0. The van der Waals surface area contributed by atoms with Crippen molar-refractivity contribution in [3.05, 3.63) is 54.0 Å². The molecule has 2 heterocycles. The first-order valence-electron chi connectivity index (χ1n) is 8.34. The molecule has 1 amide bonds. The molecule has 8 heteroatoms. The minimum absolute atomic E-state index is 0.0689. The Labute approximate surface area is 155 Å². The molecule has 27 heavy (non-hydrogen) atoms. The number of amides is 1. The van der Waals surface area contributed by atoms with E-state index in [1.165, 1.54) is 37.4 Å². The molecule has 2 atom stereocenters. The van der Waals surface area contributed by atoms with E-state index in [9.17, 15) is 14.0 Å². The number of likely N-dealkylation sites (tertiary alicyclic amines) is 1. The average Bonchev–Trinajstić information content (AvgIpc) is 3.12. The SMILES string of the molecule is COC(=O)[C@H]1C[C@@H](Oc2ccccc2F)CN1C(=O)c1cccnc1OC. The smallest absolute Gasteiger partial charge is 0.328 e. The Morgan fingerprint density at radius 3 is 2.67 bits per heavy atom. The van der Waals surface area contributed by atoms with Crippen LogP contribution in [0.15, 0.2) is 42.6 Å². The number of carbonyl (C=O) groups is 2. The molecule has 0 radical (unpaired) electrons. The number of pyridine rings is 1. The van der Waals surface area contributed by atoms with Gasteiger partial charge < -0.3 is 19.1 Å². The third kappa shape index (κ3) is 3.84. The molecular formula is C19H19FN2O5. The Bertz CT molecular complexity index is 844. The number of esters is 1. The molecule has 0 N–H and O–H groups in total. The van der Waals surface area contributed by atoms with Crippen molar-refractivity contribution in [2.45, 2.75) is 18.6 Å². The van der Waals surface area contributed by atoms with Crippen LogP contribution in [0.5, 0.6) is 11.6 Å². The Kier molecular flexibility index (Phi) is 5.54. The molecule has 1 aromatic heterocycles. The molecule has 0 saturated carbocycles. The minimum Gasteiger partial charge on any atom is -0.485 e. The lowest BCUT2D eigenvalue weighted by atomic mass is 10.2. The highest BCUT2D eigenvalue weighted by atomic mass is 19.1. The van der Waals surface area contributed by atoms with Crippen molar-refractivity contribution in [1.29, 1.82) is 0 Å². The van der Waals surface area contributed by atoms with Gasteiger partial charge in [0.05, 0.1) is 20.8 Å². The molecule has 142 valence electrons. The topological polar surface area (TPSA) is 78.0 Å². The van der Waals surface area contributed by atoms with E-state index in [1.54, 1.807) is 24.3 Å². The van der Waals surface area contributed by atoms with Gasteiger partial charge in [-0.1, -0.05) is 12.1 Å². The van der Waals surface area contributed by atoms with Crippen molar-refractivity contribution in [1.82, 2.24) is 9.88 Å². The fraction of sp³-hybridized carbons (Fsp3) is 0.316.